The maximum Gasteiger partial charge on any atom is 0.246 e. The van der Waals surface area contributed by atoms with E-state index in [0.717, 1.165) is 51.9 Å². The van der Waals surface area contributed by atoms with Crippen molar-refractivity contribution in [1.29, 1.82) is 0 Å². The average Bonchev–Trinajstić information content (AvgIpc) is 3.34. The molecule has 0 N–H and O–H groups in total. The van der Waals surface area contributed by atoms with Gasteiger partial charge in [0.1, 0.15) is 0 Å². The van der Waals surface area contributed by atoms with E-state index in [9.17, 15) is 19.2 Å². The summed E-state index contributed by atoms with van der Waals surface area (Å²) < 4.78 is 0. The van der Waals surface area contributed by atoms with E-state index >= 15 is 0 Å². The Morgan fingerprint density at radius 3 is 0.636 bits per heavy atom. The fraction of sp³-hybridized carbons (Fsp3) is 0.250. The molecule has 4 aliphatic rings. The molecule has 12 rings (SSSR count). The molecule has 0 bridgehead atoms. The number of hydrogen-bond acceptors (Lipinski definition) is 4. The first kappa shape index (κ1) is 63.1. The van der Waals surface area contributed by atoms with Crippen LogP contribution in [0, 0.1) is 0 Å². The number of carbonyl (C=O) groups excluding carboxylic acids is 4. The highest BCUT2D eigenvalue weighted by molar-refractivity contribution is 5.89. The van der Waals surface area contributed by atoms with Gasteiger partial charge in [-0.15, -0.1) is 0 Å². The summed E-state index contributed by atoms with van der Waals surface area (Å²) in [6, 6.07) is 76.5. The fourth-order valence-corrected chi connectivity index (χ4v) is 14.0. The summed E-state index contributed by atoms with van der Waals surface area (Å²) in [4.78, 5) is 56.9. The highest BCUT2D eigenvalue weighted by Crippen LogP contribution is 2.40. The molecule has 0 saturated carbocycles. The molecular weight excluding hydrogens is 1080 g/mol. The highest BCUT2D eigenvalue weighted by Gasteiger charge is 2.36. The molecule has 448 valence electrons. The van der Waals surface area contributed by atoms with E-state index in [0.29, 0.717) is 0 Å². The van der Waals surface area contributed by atoms with Crippen LogP contribution >= 0.6 is 0 Å². The topological polar surface area (TPSA) is 81.2 Å². The van der Waals surface area contributed by atoms with Gasteiger partial charge in [0.2, 0.25) is 23.6 Å². The molecule has 4 amide bonds. The normalized spacial score (nSPS) is 20.9. The Kier molecular flexibility index (Phi) is 21.7. The van der Waals surface area contributed by atoms with Gasteiger partial charge >= 0.3 is 0 Å². The SMILES string of the molecule is C=CC(=O)N1CCc2ccccc2[C@@H](c2ccccc2)[C@@H]1C.C=CC(=O)N1CCc2ccccc2[C@@H](c2ccccc2)[C@H]1C.C=CC(=O)N1CCc2ccccc2[C@H](c2ccccc2)[C@@H]1C.C=CC(=O)N1CCc2ccccc2[C@H](c2ccccc2)[C@H]1C. The Bertz CT molecular complexity index is 3190. The van der Waals surface area contributed by atoms with E-state index in [4.69, 9.17) is 0 Å². The van der Waals surface area contributed by atoms with Crippen molar-refractivity contribution in [2.75, 3.05) is 26.2 Å². The lowest BCUT2D eigenvalue weighted by atomic mass is 9.83. The van der Waals surface area contributed by atoms with Crippen LogP contribution in [0.15, 0.2) is 269 Å². The lowest BCUT2D eigenvalue weighted by molar-refractivity contribution is -0.128. The standard InChI is InChI=1S/4C20H21NO/c4*1-3-19(22)21-14-13-16-9-7-8-12-18(16)20(15(21)2)17-10-5-4-6-11-17/h4*3-12,15,20H,1,13-14H2,2H3/t2*15-,20+;2*15-,20-/m1010/s1. The molecule has 0 fully saturated rings. The Balaban J connectivity index is 0.000000140. The van der Waals surface area contributed by atoms with Gasteiger partial charge in [-0.1, -0.05) is 245 Å². The van der Waals surface area contributed by atoms with Gasteiger partial charge < -0.3 is 19.6 Å². The van der Waals surface area contributed by atoms with Crippen molar-refractivity contribution in [2.24, 2.45) is 0 Å². The van der Waals surface area contributed by atoms with Crippen molar-refractivity contribution in [3.63, 3.8) is 0 Å². The largest absolute Gasteiger partial charge is 0.335 e. The van der Waals surface area contributed by atoms with Crippen molar-refractivity contribution >= 4 is 23.6 Å². The first-order valence-electron chi connectivity index (χ1n) is 31.1. The quantitative estimate of drug-likeness (QED) is 0.142. The highest BCUT2D eigenvalue weighted by atomic mass is 16.2. The van der Waals surface area contributed by atoms with Gasteiger partial charge in [0.25, 0.3) is 0 Å². The van der Waals surface area contributed by atoms with Crippen molar-refractivity contribution in [3.05, 3.63) is 336 Å². The molecule has 0 saturated heterocycles. The van der Waals surface area contributed by atoms with Gasteiger partial charge in [-0.05, 0) is 144 Å². The van der Waals surface area contributed by atoms with Crippen molar-refractivity contribution in [2.45, 2.75) is 101 Å². The van der Waals surface area contributed by atoms with Gasteiger partial charge in [0, 0.05) is 74.0 Å². The number of nitrogens with zero attached hydrogens (tertiary/aromatic N) is 4. The van der Waals surface area contributed by atoms with Gasteiger partial charge in [-0.3, -0.25) is 19.2 Å². The molecule has 88 heavy (non-hydrogen) atoms. The predicted molar refractivity (Wildman–Crippen MR) is 359 cm³/mol. The minimum atomic E-state index is 0.0150. The number of amides is 4. The molecule has 8 atom stereocenters. The molecule has 8 aromatic carbocycles. The first-order chi connectivity index (χ1) is 42.9. The van der Waals surface area contributed by atoms with Crippen LogP contribution in [0.1, 0.15) is 118 Å². The zero-order valence-electron chi connectivity index (χ0n) is 51.6. The molecule has 0 radical (unpaired) electrons. The molecule has 4 heterocycles. The first-order valence-corrected chi connectivity index (χ1v) is 31.1. The Morgan fingerprint density at radius 2 is 0.455 bits per heavy atom. The van der Waals surface area contributed by atoms with Gasteiger partial charge in [-0.2, -0.15) is 0 Å². The van der Waals surface area contributed by atoms with E-state index in [1.54, 1.807) is 0 Å². The minimum absolute atomic E-state index is 0.0150. The average molecular weight is 1170 g/mol. The van der Waals surface area contributed by atoms with Crippen LogP contribution in [0.5, 0.6) is 0 Å². The Labute approximate surface area is 522 Å². The summed E-state index contributed by atoms with van der Waals surface area (Å²) in [7, 11) is 0. The van der Waals surface area contributed by atoms with Crippen LogP contribution in [0.3, 0.4) is 0 Å². The second kappa shape index (κ2) is 30.3. The minimum Gasteiger partial charge on any atom is -0.335 e. The zero-order chi connectivity index (χ0) is 62.1. The van der Waals surface area contributed by atoms with Crippen LogP contribution in [0.4, 0.5) is 0 Å². The number of hydrogen-bond donors (Lipinski definition) is 0. The summed E-state index contributed by atoms with van der Waals surface area (Å²) in [6.07, 6.45) is 9.27. The second-order valence-electron chi connectivity index (χ2n) is 23.3. The second-order valence-corrected chi connectivity index (χ2v) is 23.3. The summed E-state index contributed by atoms with van der Waals surface area (Å²) >= 11 is 0. The summed E-state index contributed by atoms with van der Waals surface area (Å²) in [6.45, 7) is 26.2. The van der Waals surface area contributed by atoms with Crippen LogP contribution in [-0.4, -0.2) is 93.6 Å². The van der Waals surface area contributed by atoms with Gasteiger partial charge in [0.05, 0.1) is 0 Å². The maximum absolute atomic E-state index is 12.3. The molecular formula is C80H84N4O4. The molecule has 8 heteroatoms. The smallest absolute Gasteiger partial charge is 0.246 e. The maximum atomic E-state index is 12.3. The van der Waals surface area contributed by atoms with Crippen LogP contribution < -0.4 is 0 Å². The third-order valence-electron chi connectivity index (χ3n) is 18.4. The van der Waals surface area contributed by atoms with E-state index in [1.165, 1.54) is 91.1 Å². The number of rotatable bonds is 8. The number of fused-ring (bicyclic) bond motifs is 4. The Hall–Kier alpha value is -9.40. The third-order valence-corrected chi connectivity index (χ3v) is 18.4. The van der Waals surface area contributed by atoms with Gasteiger partial charge in [0.15, 0.2) is 0 Å². The summed E-state index contributed by atoms with van der Waals surface area (Å²) in [5.74, 6) is 0.852. The van der Waals surface area contributed by atoms with Crippen LogP contribution in [0.2, 0.25) is 0 Å². The fourth-order valence-electron chi connectivity index (χ4n) is 14.0. The van der Waals surface area contributed by atoms with Gasteiger partial charge in [-0.25, -0.2) is 0 Å². The van der Waals surface area contributed by atoms with E-state index in [1.807, 2.05) is 43.9 Å². The molecule has 4 aliphatic heterocycles. The van der Waals surface area contributed by atoms with Crippen molar-refractivity contribution in [1.82, 2.24) is 19.6 Å². The molecule has 8 nitrogen and oxygen atoms in total. The molecule has 8 aromatic rings. The zero-order valence-corrected chi connectivity index (χ0v) is 51.6. The van der Waals surface area contributed by atoms with E-state index < -0.39 is 0 Å². The summed E-state index contributed by atoms with van der Waals surface area (Å²) in [5.41, 5.74) is 15.7. The van der Waals surface area contributed by atoms with Crippen LogP contribution in [-0.2, 0) is 44.9 Å². The van der Waals surface area contributed by atoms with Crippen LogP contribution in [0.25, 0.3) is 0 Å². The molecule has 0 aliphatic carbocycles. The van der Waals surface area contributed by atoms with E-state index in [-0.39, 0.29) is 71.5 Å². The predicted octanol–water partition coefficient (Wildman–Crippen LogP) is 15.1. The molecule has 0 unspecified atom stereocenters. The summed E-state index contributed by atoms with van der Waals surface area (Å²) in [5, 5.41) is 0. The lowest BCUT2D eigenvalue weighted by Crippen LogP contribution is -2.41. The van der Waals surface area contributed by atoms with Crippen molar-refractivity contribution in [3.8, 4) is 0 Å². The number of carbonyl (C=O) groups is 4. The molecule has 0 aromatic heterocycles. The monoisotopic (exact) mass is 1160 g/mol. The Morgan fingerprint density at radius 1 is 0.284 bits per heavy atom. The third kappa shape index (κ3) is 14.4. The lowest BCUT2D eigenvalue weighted by Gasteiger charge is -2.32. The van der Waals surface area contributed by atoms with E-state index in [2.05, 4.69) is 248 Å². The van der Waals surface area contributed by atoms with Crippen molar-refractivity contribution < 1.29 is 19.2 Å². The molecule has 0 spiro atoms. The number of benzene rings is 8.